The van der Waals surface area contributed by atoms with Gasteiger partial charge < -0.3 is 15.0 Å². The standard InChI is InChI=1S/C15H22N2O2/c1-3-13-6-4-5-7-14(13)19-12(2)15(18)17-10-8-16-9-11-17/h4-7,12,16H,3,8-11H2,1-2H3. The molecule has 1 N–H and O–H groups in total. The molecule has 0 aliphatic carbocycles. The van der Waals surface area contributed by atoms with Gasteiger partial charge in [0.1, 0.15) is 5.75 Å². The highest BCUT2D eigenvalue weighted by Gasteiger charge is 2.23. The van der Waals surface area contributed by atoms with Gasteiger partial charge in [0.15, 0.2) is 6.10 Å². The van der Waals surface area contributed by atoms with Crippen LogP contribution in [0, 0.1) is 0 Å². The summed E-state index contributed by atoms with van der Waals surface area (Å²) in [6, 6.07) is 7.91. The zero-order valence-corrected chi connectivity index (χ0v) is 11.7. The quantitative estimate of drug-likeness (QED) is 0.893. The third-order valence-corrected chi connectivity index (χ3v) is 3.43. The predicted molar refractivity (Wildman–Crippen MR) is 75.4 cm³/mol. The van der Waals surface area contributed by atoms with Crippen LogP contribution < -0.4 is 10.1 Å². The Hall–Kier alpha value is -1.55. The summed E-state index contributed by atoms with van der Waals surface area (Å²) in [4.78, 5) is 14.1. The lowest BCUT2D eigenvalue weighted by atomic mass is 10.1. The molecular weight excluding hydrogens is 240 g/mol. The van der Waals surface area contributed by atoms with Crippen LogP contribution in [0.5, 0.6) is 5.75 Å². The normalized spacial score (nSPS) is 17.1. The summed E-state index contributed by atoms with van der Waals surface area (Å²) in [6.07, 6.45) is 0.482. The van der Waals surface area contributed by atoms with E-state index in [2.05, 4.69) is 12.2 Å². The smallest absolute Gasteiger partial charge is 0.263 e. The molecule has 104 valence electrons. The lowest BCUT2D eigenvalue weighted by molar-refractivity contribution is -0.138. The Bertz CT molecular complexity index is 428. The van der Waals surface area contributed by atoms with E-state index in [0.717, 1.165) is 43.9 Å². The highest BCUT2D eigenvalue weighted by Crippen LogP contribution is 2.20. The van der Waals surface area contributed by atoms with E-state index < -0.39 is 6.10 Å². The Morgan fingerprint density at radius 2 is 2.05 bits per heavy atom. The maximum atomic E-state index is 12.3. The Morgan fingerprint density at radius 3 is 2.74 bits per heavy atom. The third kappa shape index (κ3) is 3.47. The second-order valence-corrected chi connectivity index (χ2v) is 4.80. The van der Waals surface area contributed by atoms with Crippen LogP contribution in [0.4, 0.5) is 0 Å². The van der Waals surface area contributed by atoms with Gasteiger partial charge in [-0.3, -0.25) is 4.79 Å². The number of piperazine rings is 1. The number of ether oxygens (including phenoxy) is 1. The van der Waals surface area contributed by atoms with Crippen molar-refractivity contribution in [1.29, 1.82) is 0 Å². The number of amides is 1. The van der Waals surface area contributed by atoms with Crippen LogP contribution in [0.25, 0.3) is 0 Å². The summed E-state index contributed by atoms with van der Waals surface area (Å²) in [6.45, 7) is 7.18. The average molecular weight is 262 g/mol. The van der Waals surface area contributed by atoms with Gasteiger partial charge in [-0.2, -0.15) is 0 Å². The first-order valence-corrected chi connectivity index (χ1v) is 6.96. The fourth-order valence-electron chi connectivity index (χ4n) is 2.29. The van der Waals surface area contributed by atoms with Gasteiger partial charge in [-0.15, -0.1) is 0 Å². The van der Waals surface area contributed by atoms with Gasteiger partial charge in [0.25, 0.3) is 5.91 Å². The van der Waals surface area contributed by atoms with Crippen LogP contribution in [0.15, 0.2) is 24.3 Å². The van der Waals surface area contributed by atoms with Crippen molar-refractivity contribution < 1.29 is 9.53 Å². The minimum atomic E-state index is -0.425. The molecular formula is C15H22N2O2. The molecule has 2 rings (SSSR count). The maximum absolute atomic E-state index is 12.3. The van der Waals surface area contributed by atoms with Crippen molar-refractivity contribution in [3.05, 3.63) is 29.8 Å². The van der Waals surface area contributed by atoms with Crippen molar-refractivity contribution in [1.82, 2.24) is 10.2 Å². The van der Waals surface area contributed by atoms with Gasteiger partial charge in [0.2, 0.25) is 0 Å². The largest absolute Gasteiger partial charge is 0.481 e. The van der Waals surface area contributed by atoms with E-state index >= 15 is 0 Å². The summed E-state index contributed by atoms with van der Waals surface area (Å²) in [5.74, 6) is 0.897. The predicted octanol–water partition coefficient (Wildman–Crippen LogP) is 1.45. The highest BCUT2D eigenvalue weighted by atomic mass is 16.5. The van der Waals surface area contributed by atoms with E-state index in [-0.39, 0.29) is 5.91 Å². The van der Waals surface area contributed by atoms with Gasteiger partial charge in [-0.05, 0) is 25.0 Å². The minimum absolute atomic E-state index is 0.0763. The Kier molecular flexibility index (Phi) is 4.80. The molecule has 1 fully saturated rings. The van der Waals surface area contributed by atoms with E-state index in [9.17, 15) is 4.79 Å². The van der Waals surface area contributed by atoms with Crippen LogP contribution in [-0.2, 0) is 11.2 Å². The monoisotopic (exact) mass is 262 g/mol. The third-order valence-electron chi connectivity index (χ3n) is 3.43. The summed E-state index contributed by atoms with van der Waals surface area (Å²) in [7, 11) is 0. The van der Waals surface area contributed by atoms with E-state index in [1.54, 1.807) is 0 Å². The van der Waals surface area contributed by atoms with E-state index in [1.165, 1.54) is 0 Å². The first-order valence-electron chi connectivity index (χ1n) is 6.96. The molecule has 4 heteroatoms. The lowest BCUT2D eigenvalue weighted by Crippen LogP contribution is -2.50. The van der Waals surface area contributed by atoms with Crippen molar-refractivity contribution in [3.63, 3.8) is 0 Å². The van der Waals surface area contributed by atoms with Gasteiger partial charge in [0, 0.05) is 26.2 Å². The zero-order chi connectivity index (χ0) is 13.7. The number of para-hydroxylation sites is 1. The molecule has 1 aromatic carbocycles. The Labute approximate surface area is 114 Å². The van der Waals surface area contributed by atoms with E-state index in [0.29, 0.717) is 0 Å². The minimum Gasteiger partial charge on any atom is -0.481 e. The molecule has 0 spiro atoms. The van der Waals surface area contributed by atoms with Crippen molar-refractivity contribution >= 4 is 5.91 Å². The van der Waals surface area contributed by atoms with Gasteiger partial charge in [-0.25, -0.2) is 0 Å². The molecule has 4 nitrogen and oxygen atoms in total. The zero-order valence-electron chi connectivity index (χ0n) is 11.7. The molecule has 1 aliphatic rings. The second-order valence-electron chi connectivity index (χ2n) is 4.80. The SMILES string of the molecule is CCc1ccccc1OC(C)C(=O)N1CCNCC1. The fraction of sp³-hybridized carbons (Fsp3) is 0.533. The van der Waals surface area contributed by atoms with Crippen LogP contribution in [0.2, 0.25) is 0 Å². The number of carbonyl (C=O) groups excluding carboxylic acids is 1. The van der Waals surface area contributed by atoms with Crippen molar-refractivity contribution in [2.45, 2.75) is 26.4 Å². The first-order chi connectivity index (χ1) is 9.22. The van der Waals surface area contributed by atoms with Crippen molar-refractivity contribution in [2.24, 2.45) is 0 Å². The van der Waals surface area contributed by atoms with E-state index in [1.807, 2.05) is 36.1 Å². The molecule has 0 aromatic heterocycles. The number of benzene rings is 1. The van der Waals surface area contributed by atoms with Crippen molar-refractivity contribution in [3.8, 4) is 5.75 Å². The first kappa shape index (κ1) is 13.9. The van der Waals surface area contributed by atoms with Gasteiger partial charge >= 0.3 is 0 Å². The molecule has 1 aliphatic heterocycles. The summed E-state index contributed by atoms with van der Waals surface area (Å²) in [5.41, 5.74) is 1.14. The Balaban J connectivity index is 1.99. The molecule has 0 bridgehead atoms. The lowest BCUT2D eigenvalue weighted by Gasteiger charge is -2.30. The molecule has 1 saturated heterocycles. The summed E-state index contributed by atoms with van der Waals surface area (Å²) >= 11 is 0. The fourth-order valence-corrected chi connectivity index (χ4v) is 2.29. The van der Waals surface area contributed by atoms with Crippen LogP contribution in [0.3, 0.4) is 0 Å². The number of carbonyl (C=O) groups is 1. The number of aryl methyl sites for hydroxylation is 1. The molecule has 1 atom stereocenters. The molecule has 19 heavy (non-hydrogen) atoms. The average Bonchev–Trinajstić information content (AvgIpc) is 2.48. The molecule has 1 unspecified atom stereocenters. The molecule has 0 saturated carbocycles. The van der Waals surface area contributed by atoms with Crippen LogP contribution >= 0.6 is 0 Å². The topological polar surface area (TPSA) is 41.6 Å². The van der Waals surface area contributed by atoms with Crippen molar-refractivity contribution in [2.75, 3.05) is 26.2 Å². The number of nitrogens with one attached hydrogen (secondary N) is 1. The number of nitrogens with zero attached hydrogens (tertiary/aromatic N) is 1. The Morgan fingerprint density at radius 1 is 1.37 bits per heavy atom. The number of hydrogen-bond donors (Lipinski definition) is 1. The molecule has 1 aromatic rings. The van der Waals surface area contributed by atoms with Gasteiger partial charge in [-0.1, -0.05) is 25.1 Å². The molecule has 1 amide bonds. The summed E-state index contributed by atoms with van der Waals surface area (Å²) < 4.78 is 5.84. The maximum Gasteiger partial charge on any atom is 0.263 e. The van der Waals surface area contributed by atoms with E-state index in [4.69, 9.17) is 4.74 Å². The van der Waals surface area contributed by atoms with Crippen LogP contribution in [0.1, 0.15) is 19.4 Å². The molecule has 1 heterocycles. The number of hydrogen-bond acceptors (Lipinski definition) is 3. The second kappa shape index (κ2) is 6.57. The summed E-state index contributed by atoms with van der Waals surface area (Å²) in [5, 5.41) is 3.24. The van der Waals surface area contributed by atoms with Crippen LogP contribution in [-0.4, -0.2) is 43.1 Å². The highest BCUT2D eigenvalue weighted by molar-refractivity contribution is 5.81. The number of rotatable bonds is 4. The van der Waals surface area contributed by atoms with Gasteiger partial charge in [0.05, 0.1) is 0 Å². The molecule has 0 radical (unpaired) electrons.